The fourth-order valence-electron chi connectivity index (χ4n) is 2.76. The molecule has 1 aliphatic rings. The fraction of sp³-hybridized carbons (Fsp3) is 0.588. The number of aliphatic imine (C=N–C) groups is 1. The van der Waals surface area contributed by atoms with Gasteiger partial charge < -0.3 is 20.9 Å². The second kappa shape index (κ2) is 9.46. The van der Waals surface area contributed by atoms with Gasteiger partial charge in [-0.2, -0.15) is 0 Å². The molecule has 1 amide bonds. The van der Waals surface area contributed by atoms with Crippen molar-refractivity contribution >= 4 is 29.3 Å². The normalized spacial score (nSPS) is 17.7. The van der Waals surface area contributed by atoms with Crippen LogP contribution in [0.25, 0.3) is 0 Å². The minimum absolute atomic E-state index is 0.0368. The zero-order chi connectivity index (χ0) is 18.2. The van der Waals surface area contributed by atoms with E-state index in [-0.39, 0.29) is 18.0 Å². The standard InChI is InChI=1S/C17H27ClN6O/c1-12(2)22-15(25)6-9-21-17(19-3)23-13-7-10-24(11-13)16-14(18)5-4-8-20-16/h4-5,8,12-13H,6-7,9-11H2,1-3H3,(H,22,25)(H2,19,21,23). The Bertz CT molecular complexity index is 607. The molecule has 0 aromatic carbocycles. The van der Waals surface area contributed by atoms with Gasteiger partial charge >= 0.3 is 0 Å². The van der Waals surface area contributed by atoms with E-state index in [0.29, 0.717) is 23.9 Å². The summed E-state index contributed by atoms with van der Waals surface area (Å²) >= 11 is 6.22. The number of hydrogen-bond acceptors (Lipinski definition) is 4. The van der Waals surface area contributed by atoms with Crippen molar-refractivity contribution in [2.75, 3.05) is 31.6 Å². The second-order valence-corrected chi connectivity index (χ2v) is 6.76. The van der Waals surface area contributed by atoms with Crippen LogP contribution in [0.2, 0.25) is 5.02 Å². The van der Waals surface area contributed by atoms with Gasteiger partial charge in [0.1, 0.15) is 5.82 Å². The molecule has 1 saturated heterocycles. The van der Waals surface area contributed by atoms with Gasteiger partial charge in [-0.3, -0.25) is 9.79 Å². The maximum absolute atomic E-state index is 11.7. The highest BCUT2D eigenvalue weighted by Gasteiger charge is 2.25. The van der Waals surface area contributed by atoms with E-state index in [0.717, 1.165) is 25.3 Å². The number of carbonyl (C=O) groups excluding carboxylic acids is 1. The highest BCUT2D eigenvalue weighted by molar-refractivity contribution is 6.32. The average Bonchev–Trinajstić information content (AvgIpc) is 3.02. The van der Waals surface area contributed by atoms with Crippen LogP contribution in [0.15, 0.2) is 23.3 Å². The number of nitrogens with zero attached hydrogens (tertiary/aromatic N) is 3. The summed E-state index contributed by atoms with van der Waals surface area (Å²) in [5.41, 5.74) is 0. The Morgan fingerprint density at radius 1 is 1.52 bits per heavy atom. The van der Waals surface area contributed by atoms with E-state index < -0.39 is 0 Å². The smallest absolute Gasteiger partial charge is 0.221 e. The van der Waals surface area contributed by atoms with Crippen molar-refractivity contribution in [3.63, 3.8) is 0 Å². The molecule has 1 atom stereocenters. The molecule has 0 spiro atoms. The molecular formula is C17H27ClN6O. The Labute approximate surface area is 154 Å². The molecule has 138 valence electrons. The Hall–Kier alpha value is -2.02. The van der Waals surface area contributed by atoms with Gasteiger partial charge in [0.2, 0.25) is 5.91 Å². The van der Waals surface area contributed by atoms with Crippen molar-refractivity contribution in [2.45, 2.75) is 38.8 Å². The summed E-state index contributed by atoms with van der Waals surface area (Å²) in [6.07, 6.45) is 3.14. The number of aromatic nitrogens is 1. The average molecular weight is 367 g/mol. The number of nitrogens with one attached hydrogen (secondary N) is 3. The number of carbonyl (C=O) groups is 1. The molecule has 2 heterocycles. The molecule has 1 aromatic heterocycles. The largest absolute Gasteiger partial charge is 0.356 e. The molecule has 0 saturated carbocycles. The number of hydrogen-bond donors (Lipinski definition) is 3. The Kier molecular flexibility index (Phi) is 7.31. The van der Waals surface area contributed by atoms with Crippen molar-refractivity contribution in [1.29, 1.82) is 0 Å². The summed E-state index contributed by atoms with van der Waals surface area (Å²) in [7, 11) is 1.73. The molecule has 0 radical (unpaired) electrons. The number of guanidine groups is 1. The van der Waals surface area contributed by atoms with Crippen molar-refractivity contribution in [1.82, 2.24) is 20.9 Å². The molecule has 2 rings (SSSR count). The predicted molar refractivity (Wildman–Crippen MR) is 102 cm³/mol. The third kappa shape index (κ3) is 6.08. The summed E-state index contributed by atoms with van der Waals surface area (Å²) in [4.78, 5) is 22.4. The van der Waals surface area contributed by atoms with Crippen molar-refractivity contribution in [2.24, 2.45) is 4.99 Å². The lowest BCUT2D eigenvalue weighted by Gasteiger charge is -2.20. The lowest BCUT2D eigenvalue weighted by Crippen LogP contribution is -2.45. The number of halogens is 1. The van der Waals surface area contributed by atoms with E-state index in [4.69, 9.17) is 11.6 Å². The van der Waals surface area contributed by atoms with E-state index >= 15 is 0 Å². The lowest BCUT2D eigenvalue weighted by atomic mass is 10.3. The SMILES string of the molecule is CN=C(NCCC(=O)NC(C)C)NC1CCN(c2ncccc2Cl)C1. The molecule has 25 heavy (non-hydrogen) atoms. The molecule has 7 nitrogen and oxygen atoms in total. The van der Waals surface area contributed by atoms with Gasteiger partial charge in [0.25, 0.3) is 0 Å². The Balaban J connectivity index is 1.77. The van der Waals surface area contributed by atoms with Crippen LogP contribution < -0.4 is 20.9 Å². The van der Waals surface area contributed by atoms with Crippen LogP contribution in [-0.4, -0.2) is 55.6 Å². The number of amides is 1. The van der Waals surface area contributed by atoms with E-state index in [9.17, 15) is 4.79 Å². The summed E-state index contributed by atoms with van der Waals surface area (Å²) in [6, 6.07) is 4.10. The molecular weight excluding hydrogens is 340 g/mol. The van der Waals surface area contributed by atoms with Crippen LogP contribution in [0.1, 0.15) is 26.7 Å². The highest BCUT2D eigenvalue weighted by atomic mass is 35.5. The number of pyridine rings is 1. The molecule has 1 aromatic rings. The first-order valence-corrected chi connectivity index (χ1v) is 8.99. The maximum atomic E-state index is 11.7. The van der Waals surface area contributed by atoms with Gasteiger partial charge in [-0.1, -0.05) is 11.6 Å². The third-order valence-electron chi connectivity index (χ3n) is 3.89. The fourth-order valence-corrected chi connectivity index (χ4v) is 3.00. The van der Waals surface area contributed by atoms with Crippen LogP contribution >= 0.6 is 11.6 Å². The van der Waals surface area contributed by atoms with Gasteiger partial charge in [-0.25, -0.2) is 4.98 Å². The Morgan fingerprint density at radius 3 is 3.00 bits per heavy atom. The summed E-state index contributed by atoms with van der Waals surface area (Å²) in [5, 5.41) is 10.1. The van der Waals surface area contributed by atoms with E-state index in [1.807, 2.05) is 26.0 Å². The predicted octanol–water partition coefficient (Wildman–Crippen LogP) is 1.39. The number of anilines is 1. The first kappa shape index (κ1) is 19.3. The highest BCUT2D eigenvalue weighted by Crippen LogP contribution is 2.25. The van der Waals surface area contributed by atoms with Crippen LogP contribution in [0.5, 0.6) is 0 Å². The summed E-state index contributed by atoms with van der Waals surface area (Å²) in [5.74, 6) is 1.56. The molecule has 0 bridgehead atoms. The molecule has 1 unspecified atom stereocenters. The lowest BCUT2D eigenvalue weighted by molar-refractivity contribution is -0.121. The van der Waals surface area contributed by atoms with Gasteiger partial charge in [0.05, 0.1) is 5.02 Å². The van der Waals surface area contributed by atoms with Gasteiger partial charge in [-0.05, 0) is 32.4 Å². The monoisotopic (exact) mass is 366 g/mol. The molecule has 0 aliphatic carbocycles. The number of rotatable bonds is 6. The van der Waals surface area contributed by atoms with Gasteiger partial charge in [0.15, 0.2) is 5.96 Å². The second-order valence-electron chi connectivity index (χ2n) is 6.36. The van der Waals surface area contributed by atoms with Gasteiger partial charge in [-0.15, -0.1) is 0 Å². The first-order chi connectivity index (χ1) is 12.0. The summed E-state index contributed by atoms with van der Waals surface area (Å²) in [6.45, 7) is 6.14. The van der Waals surface area contributed by atoms with Crippen LogP contribution in [0.4, 0.5) is 5.82 Å². The molecule has 1 fully saturated rings. The van der Waals surface area contributed by atoms with Gasteiger partial charge in [0, 0.05) is 51.4 Å². The van der Waals surface area contributed by atoms with Crippen molar-refractivity contribution in [3.05, 3.63) is 23.4 Å². The van der Waals surface area contributed by atoms with Crippen molar-refractivity contribution in [3.8, 4) is 0 Å². The minimum atomic E-state index is 0.0368. The third-order valence-corrected chi connectivity index (χ3v) is 4.18. The molecule has 8 heteroatoms. The van der Waals surface area contributed by atoms with Crippen LogP contribution in [0.3, 0.4) is 0 Å². The van der Waals surface area contributed by atoms with Crippen molar-refractivity contribution < 1.29 is 4.79 Å². The van der Waals surface area contributed by atoms with E-state index in [1.54, 1.807) is 13.2 Å². The van der Waals surface area contributed by atoms with E-state index in [1.165, 1.54) is 0 Å². The first-order valence-electron chi connectivity index (χ1n) is 8.61. The summed E-state index contributed by atoms with van der Waals surface area (Å²) < 4.78 is 0. The molecule has 1 aliphatic heterocycles. The zero-order valence-corrected chi connectivity index (χ0v) is 15.8. The molecule has 3 N–H and O–H groups in total. The van der Waals surface area contributed by atoms with Crippen LogP contribution in [-0.2, 0) is 4.79 Å². The van der Waals surface area contributed by atoms with Crippen LogP contribution in [0, 0.1) is 0 Å². The maximum Gasteiger partial charge on any atom is 0.221 e. The topological polar surface area (TPSA) is 81.6 Å². The zero-order valence-electron chi connectivity index (χ0n) is 15.1. The minimum Gasteiger partial charge on any atom is -0.356 e. The van der Waals surface area contributed by atoms with E-state index in [2.05, 4.69) is 30.8 Å². The quantitative estimate of drug-likeness (QED) is 0.523. The Morgan fingerprint density at radius 2 is 2.32 bits per heavy atom.